The van der Waals surface area contributed by atoms with Gasteiger partial charge in [0.1, 0.15) is 0 Å². The van der Waals surface area contributed by atoms with E-state index in [9.17, 15) is 8.42 Å². The minimum atomic E-state index is -3.61. The van der Waals surface area contributed by atoms with Crippen LogP contribution in [0.25, 0.3) is 0 Å². The molecule has 2 nitrogen and oxygen atoms in total. The van der Waals surface area contributed by atoms with E-state index in [-0.39, 0.29) is 4.90 Å². The van der Waals surface area contributed by atoms with Crippen LogP contribution in [0.3, 0.4) is 0 Å². The lowest BCUT2D eigenvalue weighted by Crippen LogP contribution is -1.94. The largest absolute Gasteiger partial charge is 0.261 e. The topological polar surface area (TPSA) is 34.1 Å². The zero-order valence-corrected chi connectivity index (χ0v) is 9.37. The van der Waals surface area contributed by atoms with E-state index in [1.807, 2.05) is 0 Å². The molecule has 0 aromatic heterocycles. The Morgan fingerprint density at radius 2 is 2.00 bits per heavy atom. The quantitative estimate of drug-likeness (QED) is 0.735. The van der Waals surface area contributed by atoms with E-state index in [1.165, 1.54) is 6.07 Å². The molecule has 0 unspecified atom stereocenters. The standard InChI is InChI=1S/C7H6BrClO2S/c1-5-6(8)3-2-4-7(5)12(9,10)11/h2-4H,1H3. The van der Waals surface area contributed by atoms with E-state index < -0.39 is 9.05 Å². The van der Waals surface area contributed by atoms with Crippen molar-refractivity contribution >= 4 is 35.7 Å². The van der Waals surface area contributed by atoms with Crippen molar-refractivity contribution in [2.75, 3.05) is 0 Å². The van der Waals surface area contributed by atoms with Crippen molar-refractivity contribution in [3.05, 3.63) is 28.2 Å². The number of halogens is 2. The fraction of sp³-hybridized carbons (Fsp3) is 0.143. The predicted molar refractivity (Wildman–Crippen MR) is 51.9 cm³/mol. The molecule has 0 amide bonds. The van der Waals surface area contributed by atoms with Crippen LogP contribution in [0.2, 0.25) is 0 Å². The average molecular weight is 270 g/mol. The summed E-state index contributed by atoms with van der Waals surface area (Å²) in [5, 5.41) is 0. The third kappa shape index (κ3) is 2.00. The Kier molecular flexibility index (Phi) is 2.81. The van der Waals surface area contributed by atoms with Gasteiger partial charge in [-0.05, 0) is 24.6 Å². The molecule has 0 bridgehead atoms. The molecule has 66 valence electrons. The van der Waals surface area contributed by atoms with Crippen molar-refractivity contribution in [1.82, 2.24) is 0 Å². The van der Waals surface area contributed by atoms with Gasteiger partial charge in [-0.1, -0.05) is 22.0 Å². The zero-order valence-electron chi connectivity index (χ0n) is 6.21. The Morgan fingerprint density at radius 3 is 2.42 bits per heavy atom. The minimum Gasteiger partial charge on any atom is -0.207 e. The molecule has 0 radical (unpaired) electrons. The molecule has 1 aromatic rings. The third-order valence-electron chi connectivity index (χ3n) is 1.48. The predicted octanol–water partition coefficient (Wildman–Crippen LogP) is 2.69. The lowest BCUT2D eigenvalue weighted by molar-refractivity contribution is 0.609. The van der Waals surface area contributed by atoms with Gasteiger partial charge in [0, 0.05) is 15.2 Å². The number of hydrogen-bond donors (Lipinski definition) is 0. The molecule has 5 heteroatoms. The van der Waals surface area contributed by atoms with Crippen LogP contribution in [0.1, 0.15) is 5.56 Å². The zero-order chi connectivity index (χ0) is 9.35. The van der Waals surface area contributed by atoms with Crippen molar-refractivity contribution in [1.29, 1.82) is 0 Å². The van der Waals surface area contributed by atoms with Gasteiger partial charge in [0.15, 0.2) is 0 Å². The van der Waals surface area contributed by atoms with Crippen LogP contribution in [0, 0.1) is 6.92 Å². The van der Waals surface area contributed by atoms with Crippen molar-refractivity contribution in [3.8, 4) is 0 Å². The van der Waals surface area contributed by atoms with Gasteiger partial charge >= 0.3 is 0 Å². The van der Waals surface area contributed by atoms with Crippen LogP contribution in [-0.2, 0) is 9.05 Å². The smallest absolute Gasteiger partial charge is 0.207 e. The molecule has 0 saturated heterocycles. The number of benzene rings is 1. The third-order valence-corrected chi connectivity index (χ3v) is 3.81. The monoisotopic (exact) mass is 268 g/mol. The molecule has 0 fully saturated rings. The van der Waals surface area contributed by atoms with Gasteiger partial charge in [-0.25, -0.2) is 8.42 Å². The summed E-state index contributed by atoms with van der Waals surface area (Å²) in [6, 6.07) is 4.87. The van der Waals surface area contributed by atoms with E-state index in [4.69, 9.17) is 10.7 Å². The van der Waals surface area contributed by atoms with E-state index in [0.29, 0.717) is 5.56 Å². The lowest BCUT2D eigenvalue weighted by atomic mass is 10.2. The molecule has 0 heterocycles. The van der Waals surface area contributed by atoms with Gasteiger partial charge in [0.05, 0.1) is 4.90 Å². The summed E-state index contributed by atoms with van der Waals surface area (Å²) in [7, 11) is 1.57. The maximum absolute atomic E-state index is 11.0. The number of rotatable bonds is 1. The fourth-order valence-electron chi connectivity index (χ4n) is 0.852. The van der Waals surface area contributed by atoms with Gasteiger partial charge in [-0.3, -0.25) is 0 Å². The van der Waals surface area contributed by atoms with Crippen LogP contribution in [0.4, 0.5) is 0 Å². The summed E-state index contributed by atoms with van der Waals surface area (Å²) in [6.45, 7) is 1.69. The second-order valence-corrected chi connectivity index (χ2v) is 5.69. The van der Waals surface area contributed by atoms with Crippen LogP contribution in [-0.4, -0.2) is 8.42 Å². The summed E-state index contributed by atoms with van der Waals surface area (Å²) >= 11 is 3.22. The molecule has 0 saturated carbocycles. The minimum absolute atomic E-state index is 0.151. The summed E-state index contributed by atoms with van der Waals surface area (Å²) in [4.78, 5) is 0.151. The van der Waals surface area contributed by atoms with Crippen molar-refractivity contribution in [2.24, 2.45) is 0 Å². The summed E-state index contributed by atoms with van der Waals surface area (Å²) in [5.41, 5.74) is 0.632. The van der Waals surface area contributed by atoms with Gasteiger partial charge in [-0.2, -0.15) is 0 Å². The molecule has 0 aliphatic heterocycles. The molecular weight excluding hydrogens is 263 g/mol. The molecule has 1 rings (SSSR count). The maximum Gasteiger partial charge on any atom is 0.261 e. The average Bonchev–Trinajstić information content (AvgIpc) is 1.92. The maximum atomic E-state index is 11.0. The van der Waals surface area contributed by atoms with Gasteiger partial charge < -0.3 is 0 Å². The second kappa shape index (κ2) is 3.36. The Morgan fingerprint density at radius 1 is 1.42 bits per heavy atom. The highest BCUT2D eigenvalue weighted by molar-refractivity contribution is 9.10. The van der Waals surface area contributed by atoms with E-state index in [1.54, 1.807) is 19.1 Å². The van der Waals surface area contributed by atoms with Gasteiger partial charge in [0.25, 0.3) is 9.05 Å². The van der Waals surface area contributed by atoms with E-state index >= 15 is 0 Å². The Hall–Kier alpha value is -0.0600. The Balaban J connectivity index is 3.47. The first-order valence-corrected chi connectivity index (χ1v) is 6.23. The molecule has 12 heavy (non-hydrogen) atoms. The highest BCUT2D eigenvalue weighted by Gasteiger charge is 2.13. The van der Waals surface area contributed by atoms with Crippen LogP contribution in [0.15, 0.2) is 27.6 Å². The fourth-order valence-corrected chi connectivity index (χ4v) is 2.57. The molecule has 1 aromatic carbocycles. The van der Waals surface area contributed by atoms with Crippen molar-refractivity contribution in [3.63, 3.8) is 0 Å². The lowest BCUT2D eigenvalue weighted by Gasteiger charge is -2.02. The summed E-state index contributed by atoms with van der Waals surface area (Å²) in [5.74, 6) is 0. The summed E-state index contributed by atoms with van der Waals surface area (Å²) in [6.07, 6.45) is 0. The first-order chi connectivity index (χ1) is 5.43. The normalized spacial score (nSPS) is 11.6. The molecule has 0 atom stereocenters. The second-order valence-electron chi connectivity index (χ2n) is 2.30. The Bertz CT molecular complexity index is 400. The van der Waals surface area contributed by atoms with Crippen LogP contribution < -0.4 is 0 Å². The highest BCUT2D eigenvalue weighted by atomic mass is 79.9. The Labute approximate surface area is 84.1 Å². The van der Waals surface area contributed by atoms with Gasteiger partial charge in [-0.15, -0.1) is 0 Å². The van der Waals surface area contributed by atoms with E-state index in [0.717, 1.165) is 4.47 Å². The first kappa shape index (κ1) is 10.0. The first-order valence-electron chi connectivity index (χ1n) is 3.12. The SMILES string of the molecule is Cc1c(Br)cccc1S(=O)(=O)Cl. The molecular formula is C7H6BrClO2S. The molecule has 0 aliphatic rings. The van der Waals surface area contributed by atoms with Crippen LogP contribution >= 0.6 is 26.6 Å². The van der Waals surface area contributed by atoms with Crippen molar-refractivity contribution in [2.45, 2.75) is 11.8 Å². The molecule has 0 spiro atoms. The highest BCUT2D eigenvalue weighted by Crippen LogP contribution is 2.25. The molecule has 0 aliphatic carbocycles. The van der Waals surface area contributed by atoms with Crippen molar-refractivity contribution < 1.29 is 8.42 Å². The number of hydrogen-bond acceptors (Lipinski definition) is 2. The summed E-state index contributed by atoms with van der Waals surface area (Å²) < 4.78 is 22.6. The van der Waals surface area contributed by atoms with Crippen LogP contribution in [0.5, 0.6) is 0 Å². The van der Waals surface area contributed by atoms with Gasteiger partial charge in [0.2, 0.25) is 0 Å². The molecule has 0 N–H and O–H groups in total. The van der Waals surface area contributed by atoms with E-state index in [2.05, 4.69) is 15.9 Å².